The normalized spacial score (nSPS) is 16.1. The fourth-order valence-electron chi connectivity index (χ4n) is 2.37. The molecule has 0 unspecified atom stereocenters. The predicted molar refractivity (Wildman–Crippen MR) is 78.7 cm³/mol. The van der Waals surface area contributed by atoms with Gasteiger partial charge in [0, 0.05) is 18.5 Å². The molecule has 1 saturated heterocycles. The molecule has 110 valence electrons. The number of halogens is 1. The molecule has 1 aliphatic rings. The van der Waals surface area contributed by atoms with Crippen molar-refractivity contribution in [3.05, 3.63) is 23.8 Å². The van der Waals surface area contributed by atoms with Crippen LogP contribution in [0.3, 0.4) is 0 Å². The highest BCUT2D eigenvalue weighted by molar-refractivity contribution is 6.20. The van der Waals surface area contributed by atoms with Gasteiger partial charge in [-0.1, -0.05) is 6.07 Å². The number of amides is 1. The molecule has 1 amide bonds. The Bertz CT molecular complexity index is 470. The Kier molecular flexibility index (Phi) is 5.12. The van der Waals surface area contributed by atoms with Gasteiger partial charge >= 0.3 is 0 Å². The first kappa shape index (κ1) is 15.0. The summed E-state index contributed by atoms with van der Waals surface area (Å²) in [6.07, 6.45) is 2.13. The summed E-state index contributed by atoms with van der Waals surface area (Å²) < 4.78 is 10.4. The van der Waals surface area contributed by atoms with Crippen molar-refractivity contribution in [1.82, 2.24) is 4.90 Å². The Morgan fingerprint density at radius 1 is 1.25 bits per heavy atom. The molecule has 0 radical (unpaired) electrons. The van der Waals surface area contributed by atoms with Gasteiger partial charge in [0.25, 0.3) is 0 Å². The predicted octanol–water partition coefficient (Wildman–Crippen LogP) is 2.48. The first-order valence-electron chi connectivity index (χ1n) is 6.76. The van der Waals surface area contributed by atoms with Gasteiger partial charge in [0.05, 0.1) is 20.6 Å². The van der Waals surface area contributed by atoms with Crippen LogP contribution in [0.1, 0.15) is 18.4 Å². The summed E-state index contributed by atoms with van der Waals surface area (Å²) in [4.78, 5) is 14.1. The standard InChI is InChI=1S/C15H20ClNO3/c1-19-13-4-3-11(9-14(13)20-2)10-15(18)17-7-5-12(16)6-8-17/h3-4,9,12H,5-8,10H2,1-2H3. The topological polar surface area (TPSA) is 38.8 Å². The molecule has 20 heavy (non-hydrogen) atoms. The lowest BCUT2D eigenvalue weighted by Gasteiger charge is -2.29. The molecule has 5 heteroatoms. The Balaban J connectivity index is 2.00. The third kappa shape index (κ3) is 3.57. The molecule has 1 aliphatic heterocycles. The van der Waals surface area contributed by atoms with Gasteiger partial charge in [-0.3, -0.25) is 4.79 Å². The van der Waals surface area contributed by atoms with Gasteiger partial charge in [0.1, 0.15) is 0 Å². The highest BCUT2D eigenvalue weighted by Crippen LogP contribution is 2.28. The number of methoxy groups -OCH3 is 2. The molecule has 1 fully saturated rings. The molecule has 1 aromatic carbocycles. The maximum Gasteiger partial charge on any atom is 0.226 e. The van der Waals surface area contributed by atoms with E-state index in [1.807, 2.05) is 23.1 Å². The summed E-state index contributed by atoms with van der Waals surface area (Å²) in [6.45, 7) is 1.50. The average molecular weight is 298 g/mol. The van der Waals surface area contributed by atoms with E-state index in [4.69, 9.17) is 21.1 Å². The van der Waals surface area contributed by atoms with Crippen molar-refractivity contribution in [2.75, 3.05) is 27.3 Å². The molecule has 0 atom stereocenters. The summed E-state index contributed by atoms with van der Waals surface area (Å²) in [5.74, 6) is 1.46. The van der Waals surface area contributed by atoms with Gasteiger partial charge < -0.3 is 14.4 Å². The number of likely N-dealkylation sites (tertiary alicyclic amines) is 1. The Morgan fingerprint density at radius 2 is 1.90 bits per heavy atom. The fourth-order valence-corrected chi connectivity index (χ4v) is 2.57. The number of benzene rings is 1. The molecule has 0 aliphatic carbocycles. The Morgan fingerprint density at radius 3 is 2.50 bits per heavy atom. The highest BCUT2D eigenvalue weighted by Gasteiger charge is 2.21. The fraction of sp³-hybridized carbons (Fsp3) is 0.533. The summed E-state index contributed by atoms with van der Waals surface area (Å²) in [6, 6.07) is 5.57. The van der Waals surface area contributed by atoms with E-state index < -0.39 is 0 Å². The summed E-state index contributed by atoms with van der Waals surface area (Å²) >= 11 is 6.05. The molecule has 0 N–H and O–H groups in total. The lowest BCUT2D eigenvalue weighted by molar-refractivity contribution is -0.131. The molecule has 4 nitrogen and oxygen atoms in total. The first-order chi connectivity index (χ1) is 9.63. The van der Waals surface area contributed by atoms with E-state index in [9.17, 15) is 4.79 Å². The third-order valence-electron chi connectivity index (χ3n) is 3.58. The van der Waals surface area contributed by atoms with E-state index in [0.29, 0.717) is 17.9 Å². The van der Waals surface area contributed by atoms with Crippen molar-refractivity contribution in [2.45, 2.75) is 24.6 Å². The molecule has 0 bridgehead atoms. The van der Waals surface area contributed by atoms with Crippen molar-refractivity contribution >= 4 is 17.5 Å². The summed E-state index contributed by atoms with van der Waals surface area (Å²) in [7, 11) is 3.19. The van der Waals surface area contributed by atoms with Crippen LogP contribution in [0.2, 0.25) is 0 Å². The molecule has 1 heterocycles. The molecule has 0 saturated carbocycles. The van der Waals surface area contributed by atoms with Crippen molar-refractivity contribution in [1.29, 1.82) is 0 Å². The van der Waals surface area contributed by atoms with Crippen LogP contribution in [0, 0.1) is 0 Å². The smallest absolute Gasteiger partial charge is 0.226 e. The van der Waals surface area contributed by atoms with Crippen LogP contribution in [-0.4, -0.2) is 43.5 Å². The van der Waals surface area contributed by atoms with Crippen LogP contribution >= 0.6 is 11.6 Å². The van der Waals surface area contributed by atoms with E-state index in [1.165, 1.54) is 0 Å². The number of hydrogen-bond acceptors (Lipinski definition) is 3. The molecular weight excluding hydrogens is 278 g/mol. The van der Waals surface area contributed by atoms with E-state index in [2.05, 4.69) is 0 Å². The van der Waals surface area contributed by atoms with Crippen molar-refractivity contribution in [2.24, 2.45) is 0 Å². The Hall–Kier alpha value is -1.42. The van der Waals surface area contributed by atoms with Crippen LogP contribution < -0.4 is 9.47 Å². The summed E-state index contributed by atoms with van der Waals surface area (Å²) in [5.41, 5.74) is 0.931. The van der Waals surface area contributed by atoms with Crippen LogP contribution in [0.15, 0.2) is 18.2 Å². The summed E-state index contributed by atoms with van der Waals surface area (Å²) in [5, 5.41) is 0.208. The van der Waals surface area contributed by atoms with Crippen LogP contribution in [-0.2, 0) is 11.2 Å². The van der Waals surface area contributed by atoms with Crippen LogP contribution in [0.4, 0.5) is 0 Å². The maximum atomic E-state index is 12.2. The van der Waals surface area contributed by atoms with Gasteiger partial charge in [-0.05, 0) is 30.5 Å². The third-order valence-corrected chi connectivity index (χ3v) is 4.02. The minimum atomic E-state index is 0.140. The zero-order valence-electron chi connectivity index (χ0n) is 11.9. The van der Waals surface area contributed by atoms with Gasteiger partial charge in [0.2, 0.25) is 5.91 Å². The maximum absolute atomic E-state index is 12.2. The molecular formula is C15H20ClNO3. The number of piperidine rings is 1. The molecule has 0 aromatic heterocycles. The first-order valence-corrected chi connectivity index (χ1v) is 7.20. The lowest BCUT2D eigenvalue weighted by atomic mass is 10.1. The van der Waals surface area contributed by atoms with Gasteiger partial charge in [0.15, 0.2) is 11.5 Å². The minimum absolute atomic E-state index is 0.140. The second kappa shape index (κ2) is 6.84. The van der Waals surface area contributed by atoms with Crippen LogP contribution in [0.5, 0.6) is 11.5 Å². The molecule has 2 rings (SSSR count). The largest absolute Gasteiger partial charge is 0.493 e. The van der Waals surface area contributed by atoms with Gasteiger partial charge in [-0.2, -0.15) is 0 Å². The number of nitrogens with zero attached hydrogens (tertiary/aromatic N) is 1. The number of rotatable bonds is 4. The Labute approximate surface area is 124 Å². The number of alkyl halides is 1. The van der Waals surface area contributed by atoms with Crippen molar-refractivity contribution in [3.63, 3.8) is 0 Å². The number of hydrogen-bond donors (Lipinski definition) is 0. The minimum Gasteiger partial charge on any atom is -0.493 e. The SMILES string of the molecule is COc1ccc(CC(=O)N2CCC(Cl)CC2)cc1OC. The lowest BCUT2D eigenvalue weighted by Crippen LogP contribution is -2.39. The molecule has 0 spiro atoms. The van der Waals surface area contributed by atoms with E-state index in [1.54, 1.807) is 14.2 Å². The monoisotopic (exact) mass is 297 g/mol. The zero-order valence-corrected chi connectivity index (χ0v) is 12.7. The van der Waals surface area contributed by atoms with E-state index in [0.717, 1.165) is 31.5 Å². The van der Waals surface area contributed by atoms with Gasteiger partial charge in [-0.25, -0.2) is 0 Å². The van der Waals surface area contributed by atoms with E-state index in [-0.39, 0.29) is 11.3 Å². The average Bonchev–Trinajstić information content (AvgIpc) is 2.47. The number of carbonyl (C=O) groups excluding carboxylic acids is 1. The van der Waals surface area contributed by atoms with E-state index >= 15 is 0 Å². The van der Waals surface area contributed by atoms with Crippen molar-refractivity contribution in [3.8, 4) is 11.5 Å². The number of ether oxygens (including phenoxy) is 2. The number of carbonyl (C=O) groups is 1. The second-order valence-electron chi connectivity index (χ2n) is 4.92. The second-order valence-corrected chi connectivity index (χ2v) is 5.54. The van der Waals surface area contributed by atoms with Crippen molar-refractivity contribution < 1.29 is 14.3 Å². The quantitative estimate of drug-likeness (QED) is 0.802. The zero-order chi connectivity index (χ0) is 14.5. The molecule has 1 aromatic rings. The van der Waals surface area contributed by atoms with Gasteiger partial charge in [-0.15, -0.1) is 11.6 Å². The highest BCUT2D eigenvalue weighted by atomic mass is 35.5. The van der Waals surface area contributed by atoms with Crippen LogP contribution in [0.25, 0.3) is 0 Å².